The molecule has 0 fully saturated rings. The van der Waals surface area contributed by atoms with Crippen LogP contribution >= 0.6 is 70.5 Å². The van der Waals surface area contributed by atoms with Crippen LogP contribution < -0.4 is 0 Å². The zero-order valence-corrected chi connectivity index (χ0v) is 15.1. The third kappa shape index (κ3) is 2.64. The maximum Gasteiger partial charge on any atom is 0.0760 e. The fourth-order valence-corrected chi connectivity index (χ4v) is 6.97. The van der Waals surface area contributed by atoms with Gasteiger partial charge in [0.15, 0.2) is 0 Å². The van der Waals surface area contributed by atoms with Crippen LogP contribution in [0.3, 0.4) is 0 Å². The fraction of sp³-hybridized carbons (Fsp3) is 0.273. The van der Waals surface area contributed by atoms with Crippen molar-refractivity contribution in [1.29, 1.82) is 0 Å². The summed E-state index contributed by atoms with van der Waals surface area (Å²) in [6.07, 6.45) is 0. The topological polar surface area (TPSA) is 0 Å². The summed E-state index contributed by atoms with van der Waals surface area (Å²) in [6, 6.07) is 4.41. The Morgan fingerprint density at radius 2 is 1.81 bits per heavy atom. The van der Waals surface area contributed by atoms with Gasteiger partial charge in [-0.3, -0.25) is 0 Å². The molecule has 1 atom stereocenters. The van der Waals surface area contributed by atoms with Crippen LogP contribution in [0.5, 0.6) is 0 Å². The molecule has 0 saturated heterocycles. The molecule has 2 aromatic rings. The lowest BCUT2D eigenvalue weighted by Gasteiger charge is -2.08. The lowest BCUT2D eigenvalue weighted by atomic mass is 10.1. The average Bonchev–Trinajstić information content (AvgIpc) is 2.68. The number of halogens is 3. The van der Waals surface area contributed by atoms with Gasteiger partial charge in [0.25, 0.3) is 0 Å². The van der Waals surface area contributed by atoms with Crippen molar-refractivity contribution in [3.63, 3.8) is 0 Å². The van der Waals surface area contributed by atoms with E-state index >= 15 is 0 Å². The first-order valence-corrected chi connectivity index (χ1v) is 8.78. The van der Waals surface area contributed by atoms with E-state index in [0.717, 1.165) is 3.79 Å². The number of thiophene rings is 2. The molecule has 2 rings (SSSR count). The number of alkyl halides is 1. The number of aryl methyl sites for hydroxylation is 2. The van der Waals surface area contributed by atoms with Gasteiger partial charge in [0.05, 0.1) is 12.4 Å². The van der Waals surface area contributed by atoms with Gasteiger partial charge < -0.3 is 0 Å². The standard InChI is InChI=1S/C11H9Br3S2/c1-5-3-6(2)15-10(5)9(13)7-4-8(12)16-11(7)14/h3-4,9H,1-2H3. The van der Waals surface area contributed by atoms with Gasteiger partial charge in [0.1, 0.15) is 0 Å². The van der Waals surface area contributed by atoms with Crippen LogP contribution in [-0.4, -0.2) is 0 Å². The molecular weight excluding hydrogens is 436 g/mol. The van der Waals surface area contributed by atoms with Crippen molar-refractivity contribution in [3.8, 4) is 0 Å². The predicted molar refractivity (Wildman–Crippen MR) is 84.3 cm³/mol. The molecule has 86 valence electrons. The molecular formula is C11H9Br3S2. The van der Waals surface area contributed by atoms with Crippen LogP contribution in [0, 0.1) is 13.8 Å². The number of hydrogen-bond donors (Lipinski definition) is 0. The zero-order chi connectivity index (χ0) is 11.9. The molecule has 0 amide bonds. The van der Waals surface area contributed by atoms with E-state index < -0.39 is 0 Å². The summed E-state index contributed by atoms with van der Waals surface area (Å²) in [5.41, 5.74) is 2.65. The van der Waals surface area contributed by atoms with Crippen molar-refractivity contribution in [2.45, 2.75) is 18.7 Å². The van der Waals surface area contributed by atoms with Crippen molar-refractivity contribution in [2.75, 3.05) is 0 Å². The molecule has 0 saturated carbocycles. The smallest absolute Gasteiger partial charge is 0.0760 e. The maximum atomic E-state index is 3.79. The molecule has 2 aromatic heterocycles. The third-order valence-corrected chi connectivity index (χ3v) is 7.12. The van der Waals surface area contributed by atoms with Crippen LogP contribution in [0.15, 0.2) is 19.7 Å². The Balaban J connectivity index is 2.42. The molecule has 0 nitrogen and oxygen atoms in total. The van der Waals surface area contributed by atoms with Gasteiger partial charge in [0, 0.05) is 9.75 Å². The molecule has 0 bridgehead atoms. The largest absolute Gasteiger partial charge is 0.144 e. The summed E-state index contributed by atoms with van der Waals surface area (Å²) >= 11 is 14.5. The van der Waals surface area contributed by atoms with Gasteiger partial charge in [-0.15, -0.1) is 22.7 Å². The van der Waals surface area contributed by atoms with E-state index in [1.165, 1.54) is 24.7 Å². The van der Waals surface area contributed by atoms with Crippen LogP contribution in [0.1, 0.15) is 25.7 Å². The number of hydrogen-bond acceptors (Lipinski definition) is 2. The molecule has 1 unspecified atom stereocenters. The Bertz CT molecular complexity index is 467. The molecule has 16 heavy (non-hydrogen) atoms. The van der Waals surface area contributed by atoms with Crippen LogP contribution in [0.2, 0.25) is 0 Å². The minimum absolute atomic E-state index is 0.281. The van der Waals surface area contributed by atoms with Gasteiger partial charge in [-0.2, -0.15) is 0 Å². The minimum Gasteiger partial charge on any atom is -0.144 e. The molecule has 0 spiro atoms. The van der Waals surface area contributed by atoms with E-state index in [0.29, 0.717) is 0 Å². The molecule has 0 aliphatic carbocycles. The second kappa shape index (κ2) is 5.22. The van der Waals surface area contributed by atoms with Crippen molar-refractivity contribution in [1.82, 2.24) is 0 Å². The lowest BCUT2D eigenvalue weighted by Crippen LogP contribution is -1.89. The molecule has 0 aliphatic rings. The normalized spacial score (nSPS) is 13.1. The highest BCUT2D eigenvalue weighted by Crippen LogP contribution is 2.44. The second-order valence-electron chi connectivity index (χ2n) is 3.55. The van der Waals surface area contributed by atoms with E-state index in [1.54, 1.807) is 11.3 Å². The quantitative estimate of drug-likeness (QED) is 0.468. The highest BCUT2D eigenvalue weighted by molar-refractivity contribution is 9.12. The molecule has 0 aliphatic heterocycles. The summed E-state index contributed by atoms with van der Waals surface area (Å²) in [6.45, 7) is 4.32. The van der Waals surface area contributed by atoms with E-state index in [1.807, 2.05) is 11.3 Å². The van der Waals surface area contributed by atoms with E-state index in [9.17, 15) is 0 Å². The van der Waals surface area contributed by atoms with Crippen molar-refractivity contribution in [3.05, 3.63) is 40.6 Å². The maximum absolute atomic E-state index is 3.79. The van der Waals surface area contributed by atoms with Gasteiger partial charge >= 0.3 is 0 Å². The lowest BCUT2D eigenvalue weighted by molar-refractivity contribution is 1.20. The van der Waals surface area contributed by atoms with Gasteiger partial charge in [-0.05, 0) is 69.0 Å². The van der Waals surface area contributed by atoms with Crippen LogP contribution in [-0.2, 0) is 0 Å². The second-order valence-corrected chi connectivity index (χ2v) is 9.50. The van der Waals surface area contributed by atoms with E-state index in [4.69, 9.17) is 0 Å². The van der Waals surface area contributed by atoms with E-state index in [2.05, 4.69) is 73.8 Å². The summed E-state index contributed by atoms with van der Waals surface area (Å²) in [5, 5.41) is 0. The van der Waals surface area contributed by atoms with Crippen molar-refractivity contribution in [2.24, 2.45) is 0 Å². The molecule has 2 heterocycles. The van der Waals surface area contributed by atoms with Gasteiger partial charge in [0.2, 0.25) is 0 Å². The van der Waals surface area contributed by atoms with Crippen molar-refractivity contribution < 1.29 is 0 Å². The zero-order valence-electron chi connectivity index (χ0n) is 8.68. The molecule has 0 aromatic carbocycles. The molecule has 5 heteroatoms. The summed E-state index contributed by atoms with van der Waals surface area (Å²) in [7, 11) is 0. The SMILES string of the molecule is Cc1cc(C)c(C(Br)c2cc(Br)sc2Br)s1. The Morgan fingerprint density at radius 3 is 2.25 bits per heavy atom. The molecule has 0 N–H and O–H groups in total. The fourth-order valence-electron chi connectivity index (χ4n) is 1.58. The van der Waals surface area contributed by atoms with E-state index in [-0.39, 0.29) is 4.83 Å². The first kappa shape index (κ1) is 13.3. The van der Waals surface area contributed by atoms with Gasteiger partial charge in [-0.25, -0.2) is 0 Å². The third-order valence-electron chi connectivity index (χ3n) is 2.27. The summed E-state index contributed by atoms with van der Waals surface area (Å²) in [4.78, 5) is 3.04. The first-order valence-electron chi connectivity index (χ1n) is 4.64. The van der Waals surface area contributed by atoms with Crippen LogP contribution in [0.4, 0.5) is 0 Å². The minimum atomic E-state index is 0.281. The Morgan fingerprint density at radius 1 is 1.12 bits per heavy atom. The summed E-state index contributed by atoms with van der Waals surface area (Å²) < 4.78 is 2.34. The monoisotopic (exact) mass is 442 g/mol. The Hall–Kier alpha value is 0.840. The molecule has 0 radical (unpaired) electrons. The average molecular weight is 445 g/mol. The summed E-state index contributed by atoms with van der Waals surface area (Å²) in [5.74, 6) is 0. The van der Waals surface area contributed by atoms with Gasteiger partial charge in [-0.1, -0.05) is 15.9 Å². The Labute approximate surface area is 128 Å². The highest BCUT2D eigenvalue weighted by Gasteiger charge is 2.19. The predicted octanol–water partition coefficient (Wildman–Crippen LogP) is 6.44. The number of rotatable bonds is 2. The van der Waals surface area contributed by atoms with Crippen molar-refractivity contribution >= 4 is 70.5 Å². The Kier molecular flexibility index (Phi) is 4.33. The first-order chi connectivity index (χ1) is 7.49. The van der Waals surface area contributed by atoms with Crippen LogP contribution in [0.25, 0.3) is 0 Å². The highest BCUT2D eigenvalue weighted by atomic mass is 79.9.